The number of nitro groups is 1. The van der Waals surface area contributed by atoms with Crippen LogP contribution in [0.4, 0.5) is 5.69 Å². The third-order valence-electron chi connectivity index (χ3n) is 3.92. The first-order valence-corrected chi connectivity index (χ1v) is 10.8. The van der Waals surface area contributed by atoms with E-state index < -0.39 is 14.8 Å². The van der Waals surface area contributed by atoms with E-state index in [1.54, 1.807) is 48.5 Å². The lowest BCUT2D eigenvalue weighted by Gasteiger charge is -2.09. The largest absolute Gasteiger partial charge is 0.289 e. The number of sulfone groups is 1. The summed E-state index contributed by atoms with van der Waals surface area (Å²) in [5.41, 5.74) is 0.369. The SMILES string of the molecule is CS(=O)(=O)c1ccccc1Sc1ccc(C(=O)c2ccccc2)cc1[N+](=O)[O-]. The Morgan fingerprint density at radius 2 is 1.54 bits per heavy atom. The average molecular weight is 413 g/mol. The number of carbonyl (C=O) groups excluding carboxylic acids is 1. The molecule has 8 heteroatoms. The summed E-state index contributed by atoms with van der Waals surface area (Å²) in [7, 11) is -3.49. The maximum atomic E-state index is 12.6. The molecule has 28 heavy (non-hydrogen) atoms. The topological polar surface area (TPSA) is 94.3 Å². The molecule has 0 aliphatic heterocycles. The van der Waals surface area contributed by atoms with Crippen LogP contribution in [0.5, 0.6) is 0 Å². The lowest BCUT2D eigenvalue weighted by Crippen LogP contribution is -2.03. The summed E-state index contributed by atoms with van der Waals surface area (Å²) in [6, 6.07) is 19.0. The number of carbonyl (C=O) groups is 1. The second-order valence-corrected chi connectivity index (χ2v) is 9.02. The van der Waals surface area contributed by atoms with Crippen molar-refractivity contribution in [2.45, 2.75) is 14.7 Å². The van der Waals surface area contributed by atoms with E-state index in [1.807, 2.05) is 0 Å². The fourth-order valence-corrected chi connectivity index (χ4v) is 4.87. The number of nitrogens with zero attached hydrogens (tertiary/aromatic N) is 1. The predicted molar refractivity (Wildman–Crippen MR) is 107 cm³/mol. The Labute approximate surface area is 166 Å². The second-order valence-electron chi connectivity index (χ2n) is 5.96. The van der Waals surface area contributed by atoms with E-state index in [1.165, 1.54) is 24.3 Å². The van der Waals surface area contributed by atoms with Gasteiger partial charge < -0.3 is 0 Å². The minimum Gasteiger partial charge on any atom is -0.289 e. The molecule has 0 saturated heterocycles. The molecule has 0 atom stereocenters. The van der Waals surface area contributed by atoms with Crippen molar-refractivity contribution in [2.24, 2.45) is 0 Å². The highest BCUT2D eigenvalue weighted by molar-refractivity contribution is 8.00. The van der Waals surface area contributed by atoms with Gasteiger partial charge in [0.1, 0.15) is 0 Å². The first kappa shape index (κ1) is 19.8. The van der Waals surface area contributed by atoms with Gasteiger partial charge in [0, 0.05) is 28.3 Å². The van der Waals surface area contributed by atoms with Gasteiger partial charge in [0.2, 0.25) is 0 Å². The molecule has 3 aromatic carbocycles. The van der Waals surface area contributed by atoms with Crippen LogP contribution in [0.25, 0.3) is 0 Å². The number of benzene rings is 3. The van der Waals surface area contributed by atoms with Crippen LogP contribution in [0.1, 0.15) is 15.9 Å². The summed E-state index contributed by atoms with van der Waals surface area (Å²) >= 11 is 0.980. The normalized spacial score (nSPS) is 11.2. The minimum absolute atomic E-state index is 0.0961. The quantitative estimate of drug-likeness (QED) is 0.338. The Balaban J connectivity index is 2.02. The predicted octanol–water partition coefficient (Wildman–Crippen LogP) is 4.38. The van der Waals surface area contributed by atoms with Gasteiger partial charge >= 0.3 is 0 Å². The molecule has 142 valence electrons. The second kappa shape index (κ2) is 7.95. The molecule has 0 radical (unpaired) electrons. The van der Waals surface area contributed by atoms with E-state index in [4.69, 9.17) is 0 Å². The Bertz CT molecular complexity index is 1160. The third kappa shape index (κ3) is 4.29. The van der Waals surface area contributed by atoms with Crippen LogP contribution in [0, 0.1) is 10.1 Å². The molecule has 0 aliphatic carbocycles. The number of nitro benzene ring substituents is 1. The van der Waals surface area contributed by atoms with E-state index in [0.29, 0.717) is 10.5 Å². The molecule has 0 fully saturated rings. The van der Waals surface area contributed by atoms with Crippen molar-refractivity contribution in [1.29, 1.82) is 0 Å². The summed E-state index contributed by atoms with van der Waals surface area (Å²) in [6.07, 6.45) is 1.09. The van der Waals surface area contributed by atoms with Gasteiger partial charge in [0.05, 0.1) is 14.7 Å². The average Bonchev–Trinajstić information content (AvgIpc) is 2.68. The lowest BCUT2D eigenvalue weighted by molar-refractivity contribution is -0.387. The monoisotopic (exact) mass is 413 g/mol. The van der Waals surface area contributed by atoms with Gasteiger partial charge in [-0.2, -0.15) is 0 Å². The van der Waals surface area contributed by atoms with Crippen LogP contribution in [-0.4, -0.2) is 25.4 Å². The number of ketones is 1. The molecule has 0 aliphatic rings. The molecule has 0 spiro atoms. The van der Waals surface area contributed by atoms with Crippen LogP contribution < -0.4 is 0 Å². The molecule has 6 nitrogen and oxygen atoms in total. The van der Waals surface area contributed by atoms with E-state index >= 15 is 0 Å². The van der Waals surface area contributed by atoms with Crippen LogP contribution in [0.3, 0.4) is 0 Å². The molecule has 0 amide bonds. The molecule has 3 aromatic rings. The van der Waals surface area contributed by atoms with Crippen molar-refractivity contribution in [1.82, 2.24) is 0 Å². The van der Waals surface area contributed by atoms with Crippen molar-refractivity contribution in [3.8, 4) is 0 Å². The van der Waals surface area contributed by atoms with Gasteiger partial charge in [0.25, 0.3) is 5.69 Å². The smallest absolute Gasteiger partial charge is 0.283 e. The fraction of sp³-hybridized carbons (Fsp3) is 0.0500. The summed E-state index contributed by atoms with van der Waals surface area (Å²) in [6.45, 7) is 0. The first-order valence-electron chi connectivity index (χ1n) is 8.12. The zero-order valence-electron chi connectivity index (χ0n) is 14.7. The number of hydrogen-bond acceptors (Lipinski definition) is 6. The van der Waals surface area contributed by atoms with Crippen molar-refractivity contribution in [2.75, 3.05) is 6.26 Å². The van der Waals surface area contributed by atoms with E-state index in [-0.39, 0.29) is 26.8 Å². The van der Waals surface area contributed by atoms with Crippen molar-refractivity contribution in [3.63, 3.8) is 0 Å². The first-order chi connectivity index (χ1) is 13.3. The Hall–Kier alpha value is -2.97. The Morgan fingerprint density at radius 1 is 0.893 bits per heavy atom. The number of rotatable bonds is 6. The molecule has 0 saturated carbocycles. The van der Waals surface area contributed by atoms with Gasteiger partial charge in [-0.25, -0.2) is 8.42 Å². The standard InChI is InChI=1S/C20H15NO5S2/c1-28(25,26)19-10-6-5-9-18(19)27-17-12-11-15(13-16(17)21(23)24)20(22)14-7-3-2-4-8-14/h2-13H,1H3. The molecule has 0 aromatic heterocycles. The molecular formula is C20H15NO5S2. The van der Waals surface area contributed by atoms with Crippen LogP contribution in [-0.2, 0) is 9.84 Å². The maximum Gasteiger partial charge on any atom is 0.283 e. The highest BCUT2D eigenvalue weighted by Gasteiger charge is 2.21. The van der Waals surface area contributed by atoms with Crippen molar-refractivity contribution in [3.05, 3.63) is 94.0 Å². The summed E-state index contributed by atoms with van der Waals surface area (Å²) in [5, 5.41) is 11.6. The molecular weight excluding hydrogens is 398 g/mol. The summed E-state index contributed by atoms with van der Waals surface area (Å²) < 4.78 is 23.9. The van der Waals surface area contributed by atoms with Crippen LogP contribution in [0.2, 0.25) is 0 Å². The molecule has 0 unspecified atom stereocenters. The molecule has 0 bridgehead atoms. The molecule has 0 N–H and O–H groups in total. The van der Waals surface area contributed by atoms with Gasteiger partial charge in [-0.1, -0.05) is 54.2 Å². The summed E-state index contributed by atoms with van der Waals surface area (Å²) in [5.74, 6) is -0.322. The lowest BCUT2D eigenvalue weighted by atomic mass is 10.0. The minimum atomic E-state index is -3.49. The van der Waals surface area contributed by atoms with Crippen LogP contribution in [0.15, 0.2) is 87.5 Å². The van der Waals surface area contributed by atoms with Gasteiger partial charge in [-0.3, -0.25) is 14.9 Å². The zero-order valence-corrected chi connectivity index (χ0v) is 16.4. The van der Waals surface area contributed by atoms with Crippen LogP contribution >= 0.6 is 11.8 Å². The zero-order chi connectivity index (χ0) is 20.3. The van der Waals surface area contributed by atoms with Crippen molar-refractivity contribution >= 4 is 33.1 Å². The van der Waals surface area contributed by atoms with E-state index in [0.717, 1.165) is 18.0 Å². The Morgan fingerprint density at radius 3 is 2.18 bits per heavy atom. The van der Waals surface area contributed by atoms with Gasteiger partial charge in [0.15, 0.2) is 15.6 Å². The molecule has 0 heterocycles. The van der Waals surface area contributed by atoms with E-state index in [9.17, 15) is 23.3 Å². The highest BCUT2D eigenvalue weighted by Crippen LogP contribution is 2.38. The fourth-order valence-electron chi connectivity index (χ4n) is 2.60. The van der Waals surface area contributed by atoms with Gasteiger partial charge in [-0.15, -0.1) is 0 Å². The molecule has 3 rings (SSSR count). The maximum absolute atomic E-state index is 12.6. The number of hydrogen-bond donors (Lipinski definition) is 0. The third-order valence-corrected chi connectivity index (χ3v) is 6.35. The van der Waals surface area contributed by atoms with Gasteiger partial charge in [-0.05, 0) is 24.3 Å². The highest BCUT2D eigenvalue weighted by atomic mass is 32.2. The Kier molecular flexibility index (Phi) is 5.62. The van der Waals surface area contributed by atoms with Crippen molar-refractivity contribution < 1.29 is 18.1 Å². The summed E-state index contributed by atoms with van der Waals surface area (Å²) in [4.78, 5) is 24.3. The van der Waals surface area contributed by atoms with E-state index in [2.05, 4.69) is 0 Å².